The fourth-order valence-corrected chi connectivity index (χ4v) is 6.00. The van der Waals surface area contributed by atoms with Crippen LogP contribution in [0.3, 0.4) is 0 Å². The number of rotatable bonds is 5. The summed E-state index contributed by atoms with van der Waals surface area (Å²) in [5.74, 6) is 1.28. The van der Waals surface area contributed by atoms with E-state index in [1.165, 1.54) is 4.31 Å². The third-order valence-electron chi connectivity index (χ3n) is 6.55. The van der Waals surface area contributed by atoms with Gasteiger partial charge < -0.3 is 19.4 Å². The van der Waals surface area contributed by atoms with Crippen LogP contribution in [0.4, 0.5) is 5.69 Å². The number of hydrogen-bond acceptors (Lipinski definition) is 6. The third-order valence-corrected chi connectivity index (χ3v) is 8.46. The van der Waals surface area contributed by atoms with Gasteiger partial charge in [0.15, 0.2) is 6.17 Å². The van der Waals surface area contributed by atoms with Gasteiger partial charge in [0.25, 0.3) is 5.91 Å². The summed E-state index contributed by atoms with van der Waals surface area (Å²) in [6, 6.07) is 18.2. The number of ether oxygens (including phenoxy) is 1. The lowest BCUT2D eigenvalue weighted by Gasteiger charge is -2.37. The van der Waals surface area contributed by atoms with E-state index in [0.717, 1.165) is 24.1 Å². The highest BCUT2D eigenvalue weighted by molar-refractivity contribution is 7.89. The van der Waals surface area contributed by atoms with Crippen molar-refractivity contribution in [3.63, 3.8) is 0 Å². The summed E-state index contributed by atoms with van der Waals surface area (Å²) in [5, 5.41) is 3.46. The number of hydrogen-bond donors (Lipinski definition) is 1. The monoisotopic (exact) mass is 479 g/mol. The molecule has 0 radical (unpaired) electrons. The maximum atomic E-state index is 13.2. The van der Waals surface area contributed by atoms with Crippen LogP contribution in [0.2, 0.25) is 0 Å². The van der Waals surface area contributed by atoms with Gasteiger partial charge in [0.2, 0.25) is 10.0 Å². The van der Waals surface area contributed by atoms with Crippen molar-refractivity contribution in [3.8, 4) is 11.3 Å². The Balaban J connectivity index is 1.27. The van der Waals surface area contributed by atoms with E-state index < -0.39 is 10.0 Å². The van der Waals surface area contributed by atoms with Gasteiger partial charge in [-0.2, -0.15) is 4.31 Å². The Labute approximate surface area is 198 Å². The standard InChI is InChI=1S/C25H25N3O5S/c29-25-20-3-1-2-4-21(20)26-24(28(25)18-7-8-18)23-12-11-22(33-23)17-5-9-19(10-6-17)34(30,31)27-13-15-32-16-14-27/h1-6,9-12,18,24,26H,7-8,13-16H2/t24-/m1/s1. The molecule has 2 aromatic carbocycles. The van der Waals surface area contributed by atoms with Gasteiger partial charge in [0.1, 0.15) is 11.5 Å². The first-order valence-electron chi connectivity index (χ1n) is 11.5. The van der Waals surface area contributed by atoms with Crippen LogP contribution in [-0.4, -0.2) is 55.9 Å². The van der Waals surface area contributed by atoms with Crippen molar-refractivity contribution >= 4 is 21.6 Å². The minimum Gasteiger partial charge on any atom is -0.457 e. The Hall–Kier alpha value is -3.14. The van der Waals surface area contributed by atoms with Crippen LogP contribution in [0, 0.1) is 0 Å². The van der Waals surface area contributed by atoms with Gasteiger partial charge in [-0.15, -0.1) is 0 Å². The van der Waals surface area contributed by atoms with Crippen molar-refractivity contribution in [1.82, 2.24) is 9.21 Å². The third kappa shape index (κ3) is 3.70. The molecule has 1 amide bonds. The van der Waals surface area contributed by atoms with Gasteiger partial charge in [-0.25, -0.2) is 8.42 Å². The van der Waals surface area contributed by atoms with Gasteiger partial charge in [-0.1, -0.05) is 12.1 Å². The molecule has 2 fully saturated rings. The lowest BCUT2D eigenvalue weighted by Crippen LogP contribution is -2.44. The summed E-state index contributed by atoms with van der Waals surface area (Å²) in [6.07, 6.45) is 1.59. The Morgan fingerprint density at radius 1 is 0.912 bits per heavy atom. The molecule has 3 aliphatic rings. The van der Waals surface area contributed by atoms with Gasteiger partial charge in [-0.3, -0.25) is 4.79 Å². The number of benzene rings is 2. The van der Waals surface area contributed by atoms with E-state index in [2.05, 4.69) is 5.32 Å². The quantitative estimate of drug-likeness (QED) is 0.600. The molecule has 1 saturated heterocycles. The fraction of sp³-hybridized carbons (Fsp3) is 0.320. The van der Waals surface area contributed by atoms with Gasteiger partial charge >= 0.3 is 0 Å². The Bertz CT molecular complexity index is 1320. The van der Waals surface area contributed by atoms with Crippen LogP contribution < -0.4 is 5.32 Å². The minimum atomic E-state index is -3.55. The summed E-state index contributed by atoms with van der Waals surface area (Å²) in [4.78, 5) is 15.3. The smallest absolute Gasteiger partial charge is 0.258 e. The van der Waals surface area contributed by atoms with Crippen molar-refractivity contribution in [1.29, 1.82) is 0 Å². The van der Waals surface area contributed by atoms with E-state index in [0.29, 0.717) is 43.4 Å². The second kappa shape index (κ2) is 8.26. The molecule has 0 bridgehead atoms. The molecular formula is C25H25N3O5S. The fourth-order valence-electron chi connectivity index (χ4n) is 4.59. The number of para-hydroxylation sites is 1. The molecule has 34 heavy (non-hydrogen) atoms. The first-order valence-corrected chi connectivity index (χ1v) is 12.9. The van der Waals surface area contributed by atoms with E-state index in [-0.39, 0.29) is 23.0 Å². The predicted molar refractivity (Wildman–Crippen MR) is 126 cm³/mol. The number of anilines is 1. The van der Waals surface area contributed by atoms with Crippen molar-refractivity contribution in [2.45, 2.75) is 29.9 Å². The number of carbonyl (C=O) groups is 1. The highest BCUT2D eigenvalue weighted by atomic mass is 32.2. The first-order chi connectivity index (χ1) is 16.5. The maximum Gasteiger partial charge on any atom is 0.258 e. The molecule has 6 rings (SSSR count). The zero-order chi connectivity index (χ0) is 23.3. The van der Waals surface area contributed by atoms with Gasteiger partial charge in [0.05, 0.1) is 23.7 Å². The number of carbonyl (C=O) groups excluding carboxylic acids is 1. The molecule has 8 nitrogen and oxygen atoms in total. The summed E-state index contributed by atoms with van der Waals surface area (Å²) in [7, 11) is -3.55. The number of nitrogens with zero attached hydrogens (tertiary/aromatic N) is 2. The Morgan fingerprint density at radius 2 is 1.65 bits per heavy atom. The lowest BCUT2D eigenvalue weighted by atomic mass is 10.1. The molecule has 1 N–H and O–H groups in total. The topological polar surface area (TPSA) is 92.1 Å². The highest BCUT2D eigenvalue weighted by Crippen LogP contribution is 2.41. The van der Waals surface area contributed by atoms with Crippen LogP contribution in [0.1, 0.15) is 35.1 Å². The molecule has 0 spiro atoms. The van der Waals surface area contributed by atoms with Crippen LogP contribution in [0.5, 0.6) is 0 Å². The number of amides is 1. The van der Waals surface area contributed by atoms with E-state index in [4.69, 9.17) is 9.15 Å². The van der Waals surface area contributed by atoms with Crippen molar-refractivity contribution in [2.24, 2.45) is 0 Å². The minimum absolute atomic E-state index is 0.0115. The average molecular weight is 480 g/mol. The van der Waals surface area contributed by atoms with Crippen LogP contribution >= 0.6 is 0 Å². The maximum absolute atomic E-state index is 13.2. The number of sulfonamides is 1. The zero-order valence-electron chi connectivity index (χ0n) is 18.5. The zero-order valence-corrected chi connectivity index (χ0v) is 19.3. The molecule has 3 aromatic rings. The van der Waals surface area contributed by atoms with E-state index >= 15 is 0 Å². The largest absolute Gasteiger partial charge is 0.457 e. The number of fused-ring (bicyclic) bond motifs is 1. The second-order valence-electron chi connectivity index (χ2n) is 8.78. The average Bonchev–Trinajstić information content (AvgIpc) is 3.59. The van der Waals surface area contributed by atoms with Gasteiger partial charge in [-0.05, 0) is 61.4 Å². The van der Waals surface area contributed by atoms with E-state index in [1.807, 2.05) is 41.3 Å². The van der Waals surface area contributed by atoms with Crippen LogP contribution in [0.25, 0.3) is 11.3 Å². The van der Waals surface area contributed by atoms with E-state index in [9.17, 15) is 13.2 Å². The molecule has 1 aliphatic carbocycles. The van der Waals surface area contributed by atoms with Crippen LogP contribution in [0.15, 0.2) is 70.0 Å². The molecule has 2 aliphatic heterocycles. The molecule has 0 unspecified atom stereocenters. The molecule has 1 atom stereocenters. The predicted octanol–water partition coefficient (Wildman–Crippen LogP) is 3.70. The van der Waals surface area contributed by atoms with Gasteiger partial charge in [0, 0.05) is 30.4 Å². The molecule has 176 valence electrons. The molecule has 1 aromatic heterocycles. The lowest BCUT2D eigenvalue weighted by molar-refractivity contribution is 0.0646. The van der Waals surface area contributed by atoms with Crippen molar-refractivity contribution in [2.75, 3.05) is 31.6 Å². The molecule has 9 heteroatoms. The van der Waals surface area contributed by atoms with Crippen molar-refractivity contribution < 1.29 is 22.4 Å². The van der Waals surface area contributed by atoms with Crippen molar-refractivity contribution in [3.05, 3.63) is 72.0 Å². The van der Waals surface area contributed by atoms with Crippen LogP contribution in [-0.2, 0) is 14.8 Å². The molecular weight excluding hydrogens is 454 g/mol. The summed E-state index contributed by atoms with van der Waals surface area (Å²) in [6.45, 7) is 1.54. The first kappa shape index (κ1) is 21.4. The number of furan rings is 1. The highest BCUT2D eigenvalue weighted by Gasteiger charge is 2.43. The second-order valence-corrected chi connectivity index (χ2v) is 10.7. The normalized spacial score (nSPS) is 21.2. The summed E-state index contributed by atoms with van der Waals surface area (Å²) >= 11 is 0. The summed E-state index contributed by atoms with van der Waals surface area (Å²) in [5.41, 5.74) is 2.24. The Kier molecular flexibility index (Phi) is 5.20. The SMILES string of the molecule is O=C1c2ccccc2N[C@@H](c2ccc(-c3ccc(S(=O)(=O)N4CCOCC4)cc3)o2)N1C1CC1. The number of nitrogens with one attached hydrogen (secondary N) is 1. The Morgan fingerprint density at radius 3 is 2.38 bits per heavy atom. The number of morpholine rings is 1. The molecule has 3 heterocycles. The van der Waals surface area contributed by atoms with E-state index in [1.54, 1.807) is 24.3 Å². The summed E-state index contributed by atoms with van der Waals surface area (Å²) < 4.78 is 38.7. The molecule has 1 saturated carbocycles.